The van der Waals surface area contributed by atoms with Gasteiger partial charge in [0.05, 0.1) is 5.92 Å². The van der Waals surface area contributed by atoms with Crippen LogP contribution in [0.2, 0.25) is 0 Å². The highest BCUT2D eigenvalue weighted by molar-refractivity contribution is 7.99. The molecule has 1 aliphatic rings. The van der Waals surface area contributed by atoms with Crippen molar-refractivity contribution in [1.29, 1.82) is 0 Å². The average Bonchev–Trinajstić information content (AvgIpc) is 2.53. The highest BCUT2D eigenvalue weighted by Crippen LogP contribution is 2.35. The summed E-state index contributed by atoms with van der Waals surface area (Å²) in [5, 5.41) is 17.7. The molecule has 1 fully saturated rings. The fourth-order valence-electron chi connectivity index (χ4n) is 1.71. The Morgan fingerprint density at radius 1 is 1.46 bits per heavy atom. The van der Waals surface area contributed by atoms with Gasteiger partial charge in [0.2, 0.25) is 0 Å². The van der Waals surface area contributed by atoms with Gasteiger partial charge in [-0.15, -0.1) is 0 Å². The van der Waals surface area contributed by atoms with Crippen molar-refractivity contribution in [1.82, 2.24) is 0 Å². The van der Waals surface area contributed by atoms with Crippen molar-refractivity contribution in [3.05, 3.63) is 0 Å². The van der Waals surface area contributed by atoms with Crippen LogP contribution in [-0.4, -0.2) is 33.8 Å². The zero-order chi connectivity index (χ0) is 9.68. The van der Waals surface area contributed by atoms with Gasteiger partial charge in [0.15, 0.2) is 0 Å². The van der Waals surface area contributed by atoms with E-state index in [0.717, 1.165) is 31.4 Å². The Kier molecular flexibility index (Phi) is 4.59. The van der Waals surface area contributed by atoms with Crippen molar-refractivity contribution in [3.63, 3.8) is 0 Å². The number of hydrogen-bond acceptors (Lipinski definition) is 3. The van der Waals surface area contributed by atoms with Crippen LogP contribution in [0.5, 0.6) is 0 Å². The van der Waals surface area contributed by atoms with E-state index in [1.54, 1.807) is 11.8 Å². The summed E-state index contributed by atoms with van der Waals surface area (Å²) in [5.74, 6) is 0.0768. The quantitative estimate of drug-likeness (QED) is 0.664. The number of thioether (sulfide) groups is 1. The molecule has 0 amide bonds. The molecule has 0 aromatic carbocycles. The molecule has 0 aromatic heterocycles. The second-order valence-electron chi connectivity index (χ2n) is 3.36. The van der Waals surface area contributed by atoms with Gasteiger partial charge >= 0.3 is 5.97 Å². The van der Waals surface area contributed by atoms with Gasteiger partial charge in [0, 0.05) is 11.9 Å². The van der Waals surface area contributed by atoms with E-state index in [9.17, 15) is 4.79 Å². The molecule has 2 atom stereocenters. The van der Waals surface area contributed by atoms with Crippen molar-refractivity contribution < 1.29 is 15.0 Å². The Balaban J connectivity index is 2.27. The fourth-order valence-corrected chi connectivity index (χ4v) is 3.12. The predicted octanol–water partition coefficient (Wildman–Crippen LogP) is 1.36. The molecule has 0 radical (unpaired) electrons. The Bertz CT molecular complexity index is 172. The van der Waals surface area contributed by atoms with Crippen LogP contribution in [0.1, 0.15) is 25.7 Å². The summed E-state index contributed by atoms with van der Waals surface area (Å²) in [6.45, 7) is 0.206. The molecule has 2 unspecified atom stereocenters. The maximum absolute atomic E-state index is 10.8. The molecular formula is C9H16O3S. The summed E-state index contributed by atoms with van der Waals surface area (Å²) in [6.07, 6.45) is 3.65. The summed E-state index contributed by atoms with van der Waals surface area (Å²) in [7, 11) is 0. The van der Waals surface area contributed by atoms with Gasteiger partial charge in [-0.05, 0) is 25.0 Å². The van der Waals surface area contributed by atoms with E-state index in [0.29, 0.717) is 0 Å². The Labute approximate surface area is 82.5 Å². The first-order valence-corrected chi connectivity index (χ1v) is 5.76. The maximum atomic E-state index is 10.8. The lowest BCUT2D eigenvalue weighted by atomic mass is 10.1. The molecule has 1 aliphatic carbocycles. The van der Waals surface area contributed by atoms with Crippen LogP contribution in [0.3, 0.4) is 0 Å². The van der Waals surface area contributed by atoms with E-state index in [4.69, 9.17) is 10.2 Å². The molecule has 0 spiro atoms. The second kappa shape index (κ2) is 5.50. The minimum Gasteiger partial charge on any atom is -0.481 e. The van der Waals surface area contributed by atoms with Crippen molar-refractivity contribution >= 4 is 17.7 Å². The predicted molar refractivity (Wildman–Crippen MR) is 52.9 cm³/mol. The van der Waals surface area contributed by atoms with Crippen molar-refractivity contribution in [2.75, 3.05) is 12.4 Å². The van der Waals surface area contributed by atoms with Crippen LogP contribution in [0.4, 0.5) is 0 Å². The van der Waals surface area contributed by atoms with Crippen LogP contribution in [0.25, 0.3) is 0 Å². The Morgan fingerprint density at radius 2 is 2.23 bits per heavy atom. The third-order valence-electron chi connectivity index (χ3n) is 2.40. The van der Waals surface area contributed by atoms with Gasteiger partial charge in [-0.2, -0.15) is 11.8 Å². The third-order valence-corrected chi connectivity index (χ3v) is 3.92. The molecule has 0 aromatic rings. The van der Waals surface area contributed by atoms with E-state index in [-0.39, 0.29) is 17.8 Å². The number of aliphatic hydroxyl groups is 1. The zero-order valence-corrected chi connectivity index (χ0v) is 8.42. The summed E-state index contributed by atoms with van der Waals surface area (Å²) in [4.78, 5) is 10.8. The molecule has 0 aliphatic heterocycles. The monoisotopic (exact) mass is 204 g/mol. The maximum Gasteiger partial charge on any atom is 0.307 e. The van der Waals surface area contributed by atoms with Crippen molar-refractivity contribution in [2.24, 2.45) is 5.92 Å². The standard InChI is InChI=1S/C9H16O3S/c10-5-2-6-13-8-4-1-3-7(8)9(11)12/h7-8,10H,1-6H2,(H,11,12). The van der Waals surface area contributed by atoms with Gasteiger partial charge in [-0.25, -0.2) is 0 Å². The molecule has 1 rings (SSSR count). The average molecular weight is 204 g/mol. The van der Waals surface area contributed by atoms with E-state index >= 15 is 0 Å². The molecule has 2 N–H and O–H groups in total. The molecule has 3 nitrogen and oxygen atoms in total. The smallest absolute Gasteiger partial charge is 0.307 e. The molecule has 1 saturated carbocycles. The van der Waals surface area contributed by atoms with E-state index in [1.165, 1.54) is 0 Å². The SMILES string of the molecule is O=C(O)C1CCCC1SCCCO. The van der Waals surface area contributed by atoms with Crippen LogP contribution in [-0.2, 0) is 4.79 Å². The summed E-state index contributed by atoms with van der Waals surface area (Å²) in [6, 6.07) is 0. The van der Waals surface area contributed by atoms with Gasteiger partial charge < -0.3 is 10.2 Å². The lowest BCUT2D eigenvalue weighted by Gasteiger charge is -2.14. The number of carbonyl (C=O) groups is 1. The fraction of sp³-hybridized carbons (Fsp3) is 0.889. The minimum atomic E-state index is -0.654. The zero-order valence-electron chi connectivity index (χ0n) is 7.61. The largest absolute Gasteiger partial charge is 0.481 e. The number of aliphatic hydroxyl groups excluding tert-OH is 1. The Hall–Kier alpha value is -0.220. The van der Waals surface area contributed by atoms with E-state index < -0.39 is 5.97 Å². The first kappa shape index (κ1) is 10.9. The highest BCUT2D eigenvalue weighted by Gasteiger charge is 2.32. The molecular weight excluding hydrogens is 188 g/mol. The molecule has 13 heavy (non-hydrogen) atoms. The third kappa shape index (κ3) is 3.19. The number of carboxylic acid groups (broad SMARTS) is 1. The van der Waals surface area contributed by atoms with Crippen LogP contribution >= 0.6 is 11.8 Å². The van der Waals surface area contributed by atoms with E-state index in [2.05, 4.69) is 0 Å². The molecule has 76 valence electrons. The van der Waals surface area contributed by atoms with Crippen LogP contribution in [0, 0.1) is 5.92 Å². The minimum absolute atomic E-state index is 0.149. The van der Waals surface area contributed by atoms with E-state index in [1.807, 2.05) is 0 Å². The first-order chi connectivity index (χ1) is 6.25. The summed E-state index contributed by atoms with van der Waals surface area (Å²) in [5.41, 5.74) is 0. The molecule has 4 heteroatoms. The van der Waals surface area contributed by atoms with Crippen LogP contribution in [0.15, 0.2) is 0 Å². The number of hydrogen-bond donors (Lipinski definition) is 2. The lowest BCUT2D eigenvalue weighted by Crippen LogP contribution is -2.20. The Morgan fingerprint density at radius 3 is 2.85 bits per heavy atom. The number of aliphatic carboxylic acids is 1. The first-order valence-electron chi connectivity index (χ1n) is 4.71. The second-order valence-corrected chi connectivity index (χ2v) is 4.71. The van der Waals surface area contributed by atoms with Crippen molar-refractivity contribution in [3.8, 4) is 0 Å². The number of rotatable bonds is 5. The number of carboxylic acids is 1. The molecule has 0 heterocycles. The van der Waals surface area contributed by atoms with Gasteiger partial charge in [0.1, 0.15) is 0 Å². The van der Waals surface area contributed by atoms with Crippen LogP contribution < -0.4 is 0 Å². The molecule has 0 saturated heterocycles. The molecule has 0 bridgehead atoms. The highest BCUT2D eigenvalue weighted by atomic mass is 32.2. The van der Waals surface area contributed by atoms with Gasteiger partial charge in [-0.3, -0.25) is 4.79 Å². The van der Waals surface area contributed by atoms with Gasteiger partial charge in [0.25, 0.3) is 0 Å². The van der Waals surface area contributed by atoms with Gasteiger partial charge in [-0.1, -0.05) is 6.42 Å². The summed E-state index contributed by atoms with van der Waals surface area (Å²) >= 11 is 1.70. The lowest BCUT2D eigenvalue weighted by molar-refractivity contribution is -0.141. The summed E-state index contributed by atoms with van der Waals surface area (Å²) < 4.78 is 0. The normalized spacial score (nSPS) is 27.8. The van der Waals surface area contributed by atoms with Crippen molar-refractivity contribution in [2.45, 2.75) is 30.9 Å². The topological polar surface area (TPSA) is 57.5 Å².